The number of hydrogen-bond donors (Lipinski definition) is 0. The summed E-state index contributed by atoms with van der Waals surface area (Å²) < 4.78 is 30.8. The van der Waals surface area contributed by atoms with Crippen LogP contribution in [0.4, 0.5) is 4.39 Å². The molecule has 2 fully saturated rings. The van der Waals surface area contributed by atoms with Crippen molar-refractivity contribution in [3.8, 4) is 5.75 Å². The lowest BCUT2D eigenvalue weighted by Gasteiger charge is -2.43. The van der Waals surface area contributed by atoms with Crippen LogP contribution in [0.25, 0.3) is 11.0 Å². The highest BCUT2D eigenvalue weighted by atomic mass is 19.1. The number of hydrogen-bond acceptors (Lipinski definition) is 6. The summed E-state index contributed by atoms with van der Waals surface area (Å²) in [5.74, 6) is -0.00569. The number of nitrogens with zero attached hydrogens (tertiary/aromatic N) is 3. The van der Waals surface area contributed by atoms with Gasteiger partial charge in [0.1, 0.15) is 29.5 Å². The number of halogens is 1. The van der Waals surface area contributed by atoms with Gasteiger partial charge in [0.15, 0.2) is 5.58 Å². The highest BCUT2D eigenvalue weighted by Crippen LogP contribution is 2.27. The van der Waals surface area contributed by atoms with Gasteiger partial charge in [0.2, 0.25) is 11.8 Å². The first-order chi connectivity index (χ1) is 17.5. The molecule has 1 aromatic heterocycles. The standard InChI is InChI=1S/C27H30FN3O5/c28-20-8-10-21(11-9-20)34-19-27(17-26(33)30-12-4-1-5-13-30)18-31(14-15-35-27)25(32)16-23-22-6-2-3-7-24(22)36-29-23/h2-3,6-11H,1,4-5,12-19H2. The fourth-order valence-electron chi connectivity index (χ4n) is 4.90. The minimum absolute atomic E-state index is 0.00537. The first-order valence-electron chi connectivity index (χ1n) is 12.4. The number of carbonyl (C=O) groups excluding carboxylic acids is 2. The van der Waals surface area contributed by atoms with E-state index >= 15 is 0 Å². The van der Waals surface area contributed by atoms with Crippen LogP contribution >= 0.6 is 0 Å². The first kappa shape index (κ1) is 24.2. The number of morpholine rings is 1. The van der Waals surface area contributed by atoms with Crippen LogP contribution in [0.15, 0.2) is 53.1 Å². The molecule has 0 saturated carbocycles. The number of aromatic nitrogens is 1. The average Bonchev–Trinajstić information content (AvgIpc) is 3.32. The number of benzene rings is 2. The lowest BCUT2D eigenvalue weighted by Crippen LogP contribution is -2.58. The van der Waals surface area contributed by atoms with E-state index in [4.69, 9.17) is 14.0 Å². The van der Waals surface area contributed by atoms with E-state index < -0.39 is 5.60 Å². The van der Waals surface area contributed by atoms with E-state index in [0.717, 1.165) is 37.7 Å². The normalized spacial score (nSPS) is 20.5. The van der Waals surface area contributed by atoms with Gasteiger partial charge in [0.05, 0.1) is 26.0 Å². The molecule has 3 heterocycles. The van der Waals surface area contributed by atoms with E-state index in [2.05, 4.69) is 5.16 Å². The molecule has 2 saturated heterocycles. The van der Waals surface area contributed by atoms with Crippen LogP contribution in [-0.2, 0) is 20.7 Å². The molecule has 0 aliphatic carbocycles. The van der Waals surface area contributed by atoms with Crippen LogP contribution in [0.1, 0.15) is 31.4 Å². The number of rotatable bonds is 7. The molecule has 190 valence electrons. The van der Waals surface area contributed by atoms with Gasteiger partial charge < -0.3 is 23.8 Å². The van der Waals surface area contributed by atoms with Crippen molar-refractivity contribution < 1.29 is 28.0 Å². The smallest absolute Gasteiger partial charge is 0.228 e. The van der Waals surface area contributed by atoms with Crippen LogP contribution in [-0.4, -0.2) is 71.8 Å². The second-order valence-electron chi connectivity index (χ2n) is 9.51. The van der Waals surface area contributed by atoms with Gasteiger partial charge in [-0.05, 0) is 55.7 Å². The third kappa shape index (κ3) is 5.51. The van der Waals surface area contributed by atoms with Gasteiger partial charge in [0, 0.05) is 25.0 Å². The fourth-order valence-corrected chi connectivity index (χ4v) is 4.90. The molecule has 0 radical (unpaired) electrons. The van der Waals surface area contributed by atoms with Crippen molar-refractivity contribution >= 4 is 22.8 Å². The van der Waals surface area contributed by atoms with Gasteiger partial charge in [-0.1, -0.05) is 17.3 Å². The number of ether oxygens (including phenoxy) is 2. The van der Waals surface area contributed by atoms with Gasteiger partial charge in [-0.3, -0.25) is 9.59 Å². The Morgan fingerprint density at radius 2 is 1.75 bits per heavy atom. The van der Waals surface area contributed by atoms with E-state index in [9.17, 15) is 14.0 Å². The van der Waals surface area contributed by atoms with Gasteiger partial charge in [-0.15, -0.1) is 0 Å². The summed E-state index contributed by atoms with van der Waals surface area (Å²) in [4.78, 5) is 30.1. The maximum Gasteiger partial charge on any atom is 0.228 e. The molecular weight excluding hydrogens is 465 g/mol. The monoisotopic (exact) mass is 495 g/mol. The Balaban J connectivity index is 1.32. The van der Waals surface area contributed by atoms with Crippen molar-refractivity contribution in [3.05, 3.63) is 60.0 Å². The zero-order chi connectivity index (χ0) is 25.0. The molecule has 3 aromatic rings. The third-order valence-corrected chi connectivity index (χ3v) is 6.87. The topological polar surface area (TPSA) is 85.1 Å². The molecule has 0 N–H and O–H groups in total. The highest BCUT2D eigenvalue weighted by Gasteiger charge is 2.42. The molecule has 2 aliphatic heterocycles. The van der Waals surface area contributed by atoms with Crippen molar-refractivity contribution in [2.75, 3.05) is 39.4 Å². The van der Waals surface area contributed by atoms with Crippen LogP contribution in [0.3, 0.4) is 0 Å². The van der Waals surface area contributed by atoms with Crippen LogP contribution in [0.5, 0.6) is 5.75 Å². The summed E-state index contributed by atoms with van der Waals surface area (Å²) >= 11 is 0. The molecule has 2 aliphatic rings. The number of amides is 2. The van der Waals surface area contributed by atoms with E-state index in [0.29, 0.717) is 23.6 Å². The zero-order valence-electron chi connectivity index (χ0n) is 20.2. The lowest BCUT2D eigenvalue weighted by atomic mass is 9.95. The van der Waals surface area contributed by atoms with Crippen molar-refractivity contribution in [2.45, 2.75) is 37.7 Å². The second kappa shape index (κ2) is 10.7. The van der Waals surface area contributed by atoms with E-state index in [1.54, 1.807) is 4.90 Å². The molecule has 2 amide bonds. The minimum Gasteiger partial charge on any atom is -0.490 e. The third-order valence-electron chi connectivity index (χ3n) is 6.87. The minimum atomic E-state index is -1.01. The Morgan fingerprint density at radius 1 is 0.972 bits per heavy atom. The maximum atomic E-state index is 13.3. The molecular formula is C27H30FN3O5. The van der Waals surface area contributed by atoms with Crippen LogP contribution < -0.4 is 4.74 Å². The molecule has 1 atom stereocenters. The molecule has 0 bridgehead atoms. The zero-order valence-corrected chi connectivity index (χ0v) is 20.2. The molecule has 0 spiro atoms. The van der Waals surface area contributed by atoms with Gasteiger partial charge >= 0.3 is 0 Å². The Kier molecular flexibility index (Phi) is 7.18. The molecule has 36 heavy (non-hydrogen) atoms. The quantitative estimate of drug-likeness (QED) is 0.498. The molecule has 9 heteroatoms. The summed E-state index contributed by atoms with van der Waals surface area (Å²) in [5.41, 5.74) is 0.207. The number of likely N-dealkylation sites (tertiary alicyclic amines) is 1. The molecule has 1 unspecified atom stereocenters. The van der Waals surface area contributed by atoms with E-state index in [1.807, 2.05) is 29.2 Å². The van der Waals surface area contributed by atoms with Gasteiger partial charge in [0.25, 0.3) is 0 Å². The molecule has 5 rings (SSSR count). The Hall–Kier alpha value is -3.46. The number of carbonyl (C=O) groups is 2. The average molecular weight is 496 g/mol. The second-order valence-corrected chi connectivity index (χ2v) is 9.51. The highest BCUT2D eigenvalue weighted by molar-refractivity contribution is 5.86. The van der Waals surface area contributed by atoms with Crippen LogP contribution in [0, 0.1) is 5.82 Å². The number of para-hydroxylation sites is 1. The molecule has 2 aromatic carbocycles. The number of piperidine rings is 1. The fraction of sp³-hybridized carbons (Fsp3) is 0.444. The predicted octanol–water partition coefficient (Wildman–Crippen LogP) is 3.59. The van der Waals surface area contributed by atoms with Crippen molar-refractivity contribution in [1.82, 2.24) is 15.0 Å². The van der Waals surface area contributed by atoms with Crippen LogP contribution in [0.2, 0.25) is 0 Å². The maximum absolute atomic E-state index is 13.3. The number of fused-ring (bicyclic) bond motifs is 1. The summed E-state index contributed by atoms with van der Waals surface area (Å²) in [6, 6.07) is 13.2. The Bertz CT molecular complexity index is 1210. The van der Waals surface area contributed by atoms with Crippen molar-refractivity contribution in [3.63, 3.8) is 0 Å². The lowest BCUT2D eigenvalue weighted by molar-refractivity contribution is -0.166. The molecule has 8 nitrogen and oxygen atoms in total. The van der Waals surface area contributed by atoms with E-state index in [-0.39, 0.29) is 50.2 Å². The largest absolute Gasteiger partial charge is 0.490 e. The van der Waals surface area contributed by atoms with Crippen molar-refractivity contribution in [2.24, 2.45) is 0 Å². The Morgan fingerprint density at radius 3 is 2.56 bits per heavy atom. The Labute approximate surface area is 208 Å². The summed E-state index contributed by atoms with van der Waals surface area (Å²) in [6.07, 6.45) is 3.29. The summed E-state index contributed by atoms with van der Waals surface area (Å²) in [7, 11) is 0. The first-order valence-corrected chi connectivity index (χ1v) is 12.4. The summed E-state index contributed by atoms with van der Waals surface area (Å²) in [6.45, 7) is 2.43. The van der Waals surface area contributed by atoms with Gasteiger partial charge in [-0.25, -0.2) is 4.39 Å². The predicted molar refractivity (Wildman–Crippen MR) is 130 cm³/mol. The van der Waals surface area contributed by atoms with Gasteiger partial charge in [-0.2, -0.15) is 0 Å². The SMILES string of the molecule is O=C(CC1(COc2ccc(F)cc2)CN(C(=O)Cc2noc3ccccc23)CCO1)N1CCCCC1. The van der Waals surface area contributed by atoms with E-state index in [1.165, 1.54) is 24.3 Å². The summed E-state index contributed by atoms with van der Waals surface area (Å²) in [5, 5.41) is 4.90. The van der Waals surface area contributed by atoms with Crippen molar-refractivity contribution in [1.29, 1.82) is 0 Å².